The highest BCUT2D eigenvalue weighted by Crippen LogP contribution is 2.25. The fraction of sp³-hybridized carbons (Fsp3) is 0.462. The second kappa shape index (κ2) is 4.84. The van der Waals surface area contributed by atoms with Crippen molar-refractivity contribution in [2.24, 2.45) is 5.92 Å². The summed E-state index contributed by atoms with van der Waals surface area (Å²) in [7, 11) is 1.46. The first-order chi connectivity index (χ1) is 8.11. The van der Waals surface area contributed by atoms with Crippen LogP contribution in [0.5, 0.6) is 5.75 Å². The molecule has 17 heavy (non-hydrogen) atoms. The lowest BCUT2D eigenvalue weighted by atomic mass is 9.95. The zero-order chi connectivity index (χ0) is 12.4. The smallest absolute Gasteiger partial charge is 0.171 e. The molecule has 0 aromatic heterocycles. The van der Waals surface area contributed by atoms with Crippen LogP contribution < -0.4 is 4.74 Å². The van der Waals surface area contributed by atoms with Crippen molar-refractivity contribution < 1.29 is 18.7 Å². The maximum atomic E-state index is 13.7. The van der Waals surface area contributed by atoms with Crippen molar-refractivity contribution in [2.75, 3.05) is 13.7 Å². The molecular weight excluding hydrogens is 223 g/mol. The summed E-state index contributed by atoms with van der Waals surface area (Å²) in [5.74, 6) is -0.536. The summed E-state index contributed by atoms with van der Waals surface area (Å²) < 4.78 is 23.9. The highest BCUT2D eigenvalue weighted by Gasteiger charge is 2.30. The van der Waals surface area contributed by atoms with Crippen molar-refractivity contribution in [1.29, 1.82) is 0 Å². The van der Waals surface area contributed by atoms with Gasteiger partial charge in [-0.25, -0.2) is 4.39 Å². The molecule has 1 aliphatic heterocycles. The molecule has 3 nitrogen and oxygen atoms in total. The van der Waals surface area contributed by atoms with Crippen molar-refractivity contribution in [1.82, 2.24) is 0 Å². The number of Topliss-reactive ketones (excluding diaryl/α,β-unsaturated/α-hetero) is 1. The fourth-order valence-corrected chi connectivity index (χ4v) is 2.04. The fourth-order valence-electron chi connectivity index (χ4n) is 2.04. The number of carbonyl (C=O) groups excluding carboxylic acids is 1. The molecule has 1 heterocycles. The Morgan fingerprint density at radius 3 is 2.82 bits per heavy atom. The molecule has 1 aromatic carbocycles. The first-order valence-corrected chi connectivity index (χ1v) is 5.61. The van der Waals surface area contributed by atoms with E-state index in [-0.39, 0.29) is 23.4 Å². The lowest BCUT2D eigenvalue weighted by Crippen LogP contribution is -2.16. The first-order valence-electron chi connectivity index (χ1n) is 5.61. The SMILES string of the molecule is COc1ccc(C(=O)C2COC(C)C2)c(F)c1. The minimum atomic E-state index is -0.533. The van der Waals surface area contributed by atoms with Gasteiger partial charge in [0.1, 0.15) is 11.6 Å². The Labute approximate surface area is 99.5 Å². The number of ketones is 1. The summed E-state index contributed by atoms with van der Waals surface area (Å²) in [5, 5.41) is 0. The summed E-state index contributed by atoms with van der Waals surface area (Å²) in [5.41, 5.74) is 0.119. The van der Waals surface area contributed by atoms with E-state index < -0.39 is 5.82 Å². The molecule has 0 amide bonds. The van der Waals surface area contributed by atoms with Gasteiger partial charge in [0.25, 0.3) is 0 Å². The molecule has 0 bridgehead atoms. The average Bonchev–Trinajstić information content (AvgIpc) is 2.75. The van der Waals surface area contributed by atoms with Crippen molar-refractivity contribution >= 4 is 5.78 Å². The minimum absolute atomic E-state index is 0.0743. The monoisotopic (exact) mass is 238 g/mol. The van der Waals surface area contributed by atoms with Crippen molar-refractivity contribution in [3.63, 3.8) is 0 Å². The molecule has 1 aromatic rings. The van der Waals surface area contributed by atoms with Crippen molar-refractivity contribution in [3.8, 4) is 5.75 Å². The molecule has 92 valence electrons. The Bertz CT molecular complexity index is 431. The summed E-state index contributed by atoms with van der Waals surface area (Å²) in [6, 6.07) is 4.29. The number of benzene rings is 1. The van der Waals surface area contributed by atoms with Gasteiger partial charge in [0.2, 0.25) is 0 Å². The summed E-state index contributed by atoms with van der Waals surface area (Å²) in [6.45, 7) is 2.29. The number of hydrogen-bond donors (Lipinski definition) is 0. The van der Waals surface area contributed by atoms with Gasteiger partial charge in [-0.15, -0.1) is 0 Å². The largest absolute Gasteiger partial charge is 0.497 e. The molecule has 0 saturated carbocycles. The Hall–Kier alpha value is -1.42. The Balaban J connectivity index is 2.19. The highest BCUT2D eigenvalue weighted by atomic mass is 19.1. The Morgan fingerprint density at radius 1 is 1.53 bits per heavy atom. The van der Waals surface area contributed by atoms with E-state index in [4.69, 9.17) is 9.47 Å². The number of ether oxygens (including phenoxy) is 2. The Morgan fingerprint density at radius 2 is 2.29 bits per heavy atom. The number of halogens is 1. The van der Waals surface area contributed by atoms with E-state index in [0.717, 1.165) is 0 Å². The predicted octanol–water partition coefficient (Wildman–Crippen LogP) is 2.44. The third-order valence-electron chi connectivity index (χ3n) is 3.01. The maximum absolute atomic E-state index is 13.7. The molecule has 0 spiro atoms. The van der Waals surface area contributed by atoms with E-state index in [1.807, 2.05) is 6.92 Å². The molecule has 4 heteroatoms. The van der Waals surface area contributed by atoms with Gasteiger partial charge in [-0.1, -0.05) is 0 Å². The third kappa shape index (κ3) is 2.47. The van der Waals surface area contributed by atoms with Gasteiger partial charge in [0.15, 0.2) is 5.78 Å². The van der Waals surface area contributed by atoms with Crippen LogP contribution in [0.4, 0.5) is 4.39 Å². The predicted molar refractivity (Wildman–Crippen MR) is 60.8 cm³/mol. The number of rotatable bonds is 3. The number of methoxy groups -OCH3 is 1. The normalized spacial score (nSPS) is 23.7. The second-order valence-electron chi connectivity index (χ2n) is 4.29. The van der Waals surface area contributed by atoms with Gasteiger partial charge in [-0.2, -0.15) is 0 Å². The molecule has 2 unspecified atom stereocenters. The van der Waals surface area contributed by atoms with Crippen LogP contribution in [0.3, 0.4) is 0 Å². The van der Waals surface area contributed by atoms with E-state index in [0.29, 0.717) is 18.8 Å². The van der Waals surface area contributed by atoms with Gasteiger partial charge in [-0.3, -0.25) is 4.79 Å². The van der Waals surface area contributed by atoms with Gasteiger partial charge >= 0.3 is 0 Å². The Kier molecular flexibility index (Phi) is 3.43. The molecule has 1 fully saturated rings. The van der Waals surface area contributed by atoms with Crippen LogP contribution in [-0.2, 0) is 4.74 Å². The molecule has 1 saturated heterocycles. The standard InChI is InChI=1S/C13H15FO3/c1-8-5-9(7-17-8)13(15)11-4-3-10(16-2)6-12(11)14/h3-4,6,8-9H,5,7H2,1-2H3. The lowest BCUT2D eigenvalue weighted by Gasteiger charge is -2.08. The summed E-state index contributed by atoms with van der Waals surface area (Å²) in [4.78, 5) is 12.1. The third-order valence-corrected chi connectivity index (χ3v) is 3.01. The first kappa shape index (κ1) is 12.0. The van der Waals surface area contributed by atoms with Gasteiger partial charge in [-0.05, 0) is 25.5 Å². The zero-order valence-corrected chi connectivity index (χ0v) is 9.90. The van der Waals surface area contributed by atoms with Gasteiger partial charge < -0.3 is 9.47 Å². The average molecular weight is 238 g/mol. The van der Waals surface area contributed by atoms with Crippen LogP contribution in [0, 0.1) is 11.7 Å². The molecule has 0 radical (unpaired) electrons. The van der Waals surface area contributed by atoms with Gasteiger partial charge in [0, 0.05) is 12.0 Å². The molecule has 1 aliphatic rings. The van der Waals surface area contributed by atoms with E-state index in [1.54, 1.807) is 6.07 Å². The molecule has 0 aliphatic carbocycles. The quantitative estimate of drug-likeness (QED) is 0.759. The van der Waals surface area contributed by atoms with Gasteiger partial charge in [0.05, 0.1) is 25.4 Å². The number of hydrogen-bond acceptors (Lipinski definition) is 3. The topological polar surface area (TPSA) is 35.5 Å². The summed E-state index contributed by atoms with van der Waals surface area (Å²) in [6.07, 6.45) is 0.731. The van der Waals surface area contributed by atoms with Crippen molar-refractivity contribution in [2.45, 2.75) is 19.4 Å². The molecule has 0 N–H and O–H groups in total. The van der Waals surface area contributed by atoms with E-state index in [9.17, 15) is 9.18 Å². The summed E-state index contributed by atoms with van der Waals surface area (Å²) >= 11 is 0. The maximum Gasteiger partial charge on any atom is 0.171 e. The zero-order valence-electron chi connectivity index (χ0n) is 9.90. The molecule has 2 rings (SSSR count). The molecular formula is C13H15FO3. The van der Waals surface area contributed by atoms with Crippen LogP contribution in [0.2, 0.25) is 0 Å². The van der Waals surface area contributed by atoms with Crippen LogP contribution in [0.15, 0.2) is 18.2 Å². The van der Waals surface area contributed by atoms with Crippen LogP contribution in [0.1, 0.15) is 23.7 Å². The lowest BCUT2D eigenvalue weighted by molar-refractivity contribution is 0.0874. The van der Waals surface area contributed by atoms with Crippen LogP contribution >= 0.6 is 0 Å². The molecule has 2 atom stereocenters. The minimum Gasteiger partial charge on any atom is -0.497 e. The highest BCUT2D eigenvalue weighted by molar-refractivity contribution is 5.98. The second-order valence-corrected chi connectivity index (χ2v) is 4.29. The van der Waals surface area contributed by atoms with Crippen LogP contribution in [-0.4, -0.2) is 25.6 Å². The van der Waals surface area contributed by atoms with E-state index in [2.05, 4.69) is 0 Å². The van der Waals surface area contributed by atoms with E-state index in [1.165, 1.54) is 19.2 Å². The van der Waals surface area contributed by atoms with E-state index >= 15 is 0 Å². The number of carbonyl (C=O) groups is 1. The van der Waals surface area contributed by atoms with Crippen molar-refractivity contribution in [3.05, 3.63) is 29.6 Å². The van der Waals surface area contributed by atoms with Crippen LogP contribution in [0.25, 0.3) is 0 Å².